The predicted octanol–water partition coefficient (Wildman–Crippen LogP) is 4.93. The zero-order chi connectivity index (χ0) is 34.1. The summed E-state index contributed by atoms with van der Waals surface area (Å²) in [5.41, 5.74) is -1.17. The number of Topliss-reactive ketones (excluding diaryl/α,β-unsaturated/α-hetero) is 1. The van der Waals surface area contributed by atoms with Gasteiger partial charge in [-0.05, 0) is 80.4 Å². The number of ketones is 1. The van der Waals surface area contributed by atoms with Crippen molar-refractivity contribution in [1.29, 1.82) is 0 Å². The van der Waals surface area contributed by atoms with E-state index >= 15 is 0 Å². The van der Waals surface area contributed by atoms with Crippen molar-refractivity contribution in [2.24, 2.45) is 33.5 Å². The Morgan fingerprint density at radius 1 is 1.04 bits per heavy atom. The third-order valence-electron chi connectivity index (χ3n) is 13.8. The van der Waals surface area contributed by atoms with E-state index in [9.17, 15) is 25.2 Å². The summed E-state index contributed by atoms with van der Waals surface area (Å²) >= 11 is 0. The second-order valence-corrected chi connectivity index (χ2v) is 15.8. The minimum absolute atomic E-state index is 0.0164. The molecule has 48 heavy (non-hydrogen) atoms. The fourth-order valence-electron chi connectivity index (χ4n) is 11.3. The van der Waals surface area contributed by atoms with E-state index in [0.717, 1.165) is 43.2 Å². The molecule has 9 unspecified atom stereocenters. The number of carbonyl (C=O) groups excluding carboxylic acids is 1. The molecule has 1 aromatic carbocycles. The van der Waals surface area contributed by atoms with E-state index in [0.29, 0.717) is 36.6 Å². The minimum atomic E-state index is -1.13. The van der Waals surface area contributed by atoms with Crippen molar-refractivity contribution in [2.45, 2.75) is 83.1 Å². The summed E-state index contributed by atoms with van der Waals surface area (Å²) < 4.78 is 16.8. The van der Waals surface area contributed by atoms with Crippen molar-refractivity contribution in [3.8, 4) is 11.5 Å². The summed E-state index contributed by atoms with van der Waals surface area (Å²) in [6, 6.07) is 9.11. The van der Waals surface area contributed by atoms with Crippen LogP contribution < -0.4 is 9.47 Å². The quantitative estimate of drug-likeness (QED) is 0.196. The third kappa shape index (κ3) is 4.72. The molecule has 3 saturated carbocycles. The monoisotopic (exact) mass is 661 g/mol. The van der Waals surface area contributed by atoms with Crippen LogP contribution in [-0.4, -0.2) is 82.8 Å². The largest absolute Gasteiger partial charge is 0.497 e. The average molecular weight is 662 g/mol. The van der Waals surface area contributed by atoms with Crippen LogP contribution in [0.4, 0.5) is 0 Å². The molecule has 6 aliphatic carbocycles. The van der Waals surface area contributed by atoms with Gasteiger partial charge in [0, 0.05) is 53.1 Å². The van der Waals surface area contributed by atoms with Gasteiger partial charge in [0.05, 0.1) is 44.9 Å². The van der Waals surface area contributed by atoms with Crippen LogP contribution in [0.5, 0.6) is 11.5 Å². The van der Waals surface area contributed by atoms with Gasteiger partial charge in [0.2, 0.25) is 5.78 Å². The van der Waals surface area contributed by atoms with E-state index < -0.39 is 34.1 Å². The Morgan fingerprint density at radius 3 is 2.50 bits per heavy atom. The van der Waals surface area contributed by atoms with Crippen LogP contribution in [0.2, 0.25) is 0 Å². The predicted molar refractivity (Wildman–Crippen MR) is 180 cm³/mol. The maximum Gasteiger partial charge on any atom is 0.224 e. The Kier molecular flexibility index (Phi) is 8.27. The van der Waals surface area contributed by atoms with Crippen molar-refractivity contribution < 1.29 is 39.1 Å². The molecule has 1 heterocycles. The van der Waals surface area contributed by atoms with E-state index in [1.807, 2.05) is 23.1 Å². The number of benzene rings is 1. The smallest absolute Gasteiger partial charge is 0.224 e. The third-order valence-corrected chi connectivity index (χ3v) is 13.8. The highest BCUT2D eigenvalue weighted by Crippen LogP contribution is 2.78. The number of hydrogen-bond donors (Lipinski definition) is 4. The summed E-state index contributed by atoms with van der Waals surface area (Å²) in [5, 5.41) is 44.3. The van der Waals surface area contributed by atoms with Crippen molar-refractivity contribution in [3.05, 3.63) is 71.7 Å². The lowest BCUT2D eigenvalue weighted by Gasteiger charge is -2.71. The van der Waals surface area contributed by atoms with E-state index in [-0.39, 0.29) is 42.7 Å². The first-order valence-electron chi connectivity index (χ1n) is 17.5. The zero-order valence-corrected chi connectivity index (χ0v) is 28.7. The molecule has 2 bridgehead atoms. The van der Waals surface area contributed by atoms with Gasteiger partial charge in [0.1, 0.15) is 11.5 Å². The molecule has 2 spiro atoms. The van der Waals surface area contributed by atoms with Crippen LogP contribution in [0.15, 0.2) is 64.8 Å². The minimum Gasteiger partial charge on any atom is -0.497 e. The molecule has 6 aliphatic rings. The number of nitrogens with zero attached hydrogens (tertiary/aromatic N) is 1. The molecule has 0 radical (unpaired) electrons. The highest BCUT2D eigenvalue weighted by atomic mass is 16.5. The van der Waals surface area contributed by atoms with Gasteiger partial charge in [-0.25, -0.2) is 0 Å². The van der Waals surface area contributed by atoms with Gasteiger partial charge in [0.15, 0.2) is 5.76 Å². The van der Waals surface area contributed by atoms with Crippen molar-refractivity contribution in [1.82, 2.24) is 4.90 Å². The molecule has 1 aromatic heterocycles. The summed E-state index contributed by atoms with van der Waals surface area (Å²) in [6.45, 7) is 5.05. The Labute approximate surface area is 283 Å². The lowest BCUT2D eigenvalue weighted by molar-refractivity contribution is -0.177. The molecular formula is C39H51NO8. The van der Waals surface area contributed by atoms with Crippen LogP contribution in [0.1, 0.15) is 74.9 Å². The molecule has 9 atom stereocenters. The summed E-state index contributed by atoms with van der Waals surface area (Å²) in [7, 11) is 3.21. The highest BCUT2D eigenvalue weighted by Gasteiger charge is 2.74. The Balaban J connectivity index is 1.28. The average Bonchev–Trinajstić information content (AvgIpc) is 3.71. The molecule has 0 saturated heterocycles. The number of methoxy groups -OCH3 is 2. The lowest BCUT2D eigenvalue weighted by atomic mass is 9.32. The molecule has 260 valence electrons. The van der Waals surface area contributed by atoms with E-state index in [1.165, 1.54) is 0 Å². The van der Waals surface area contributed by atoms with Gasteiger partial charge in [-0.15, -0.1) is 0 Å². The van der Waals surface area contributed by atoms with Crippen LogP contribution in [0.25, 0.3) is 0 Å². The highest BCUT2D eigenvalue weighted by molar-refractivity contribution is 6.08. The van der Waals surface area contributed by atoms with Gasteiger partial charge < -0.3 is 34.3 Å². The van der Waals surface area contributed by atoms with Gasteiger partial charge >= 0.3 is 0 Å². The van der Waals surface area contributed by atoms with E-state index in [1.54, 1.807) is 32.6 Å². The summed E-state index contributed by atoms with van der Waals surface area (Å²) in [6.07, 6.45) is 12.1. The van der Waals surface area contributed by atoms with Gasteiger partial charge in [-0.2, -0.15) is 0 Å². The number of fused-ring (bicyclic) bond motifs is 1. The molecule has 0 amide bonds. The number of rotatable bonds is 11. The fourth-order valence-corrected chi connectivity index (χ4v) is 11.3. The molecule has 3 fully saturated rings. The number of hydrogen-bond acceptors (Lipinski definition) is 9. The fraction of sp³-hybridized carbons (Fsp3) is 0.615. The zero-order valence-electron chi connectivity index (χ0n) is 28.7. The number of carbonyl (C=O) groups is 1. The van der Waals surface area contributed by atoms with Crippen molar-refractivity contribution in [3.63, 3.8) is 0 Å². The molecule has 4 N–H and O–H groups in total. The molecule has 0 aliphatic heterocycles. The second kappa shape index (κ2) is 11.8. The van der Waals surface area contributed by atoms with E-state index in [4.69, 9.17) is 13.9 Å². The molecule has 9 nitrogen and oxygen atoms in total. The molecule has 9 heteroatoms. The molecular weight excluding hydrogens is 610 g/mol. The SMILES string of the molecule is COc1ccc(CN(CC(O)CO)CC2(O)CCC3C45C=CC6(C=C4C(=O)c4ccco4)CC(O)CCC6(C)C5CCC32C)c(OC)c1. The van der Waals surface area contributed by atoms with Gasteiger partial charge in [0.25, 0.3) is 0 Å². The standard InChI is InChI=1S/C39H51NO8/c1-35-12-9-26(42)19-37(35)15-16-39(29(20-37)34(44)30-6-5-17-48-30)32(35)10-13-36(2)33(39)11-14-38(36,45)24-40(22-27(43)23-41)21-25-7-8-28(46-3)18-31(25)47-4/h5-8,15-18,20,26-27,32-33,41-43,45H,9-14,19,21-24H2,1-4H3. The first kappa shape index (κ1) is 33.5. The van der Waals surface area contributed by atoms with Crippen LogP contribution in [-0.2, 0) is 6.54 Å². The Hall–Kier alpha value is -2.95. The van der Waals surface area contributed by atoms with Gasteiger partial charge in [-0.1, -0.05) is 38.1 Å². The van der Waals surface area contributed by atoms with Crippen molar-refractivity contribution in [2.75, 3.05) is 33.9 Å². The number of ether oxygens (including phenoxy) is 2. The topological polar surface area (TPSA) is 133 Å². The lowest BCUT2D eigenvalue weighted by Crippen LogP contribution is -2.67. The number of aliphatic hydroxyl groups is 4. The normalized spacial score (nSPS) is 38.6. The first-order chi connectivity index (χ1) is 22.9. The van der Waals surface area contributed by atoms with Gasteiger partial charge in [-0.3, -0.25) is 9.69 Å². The van der Waals surface area contributed by atoms with Crippen molar-refractivity contribution >= 4 is 5.78 Å². The van der Waals surface area contributed by atoms with Crippen LogP contribution in [0.3, 0.4) is 0 Å². The van der Waals surface area contributed by atoms with Crippen LogP contribution in [0, 0.1) is 33.5 Å². The summed E-state index contributed by atoms with van der Waals surface area (Å²) in [5.74, 6) is 1.70. The molecule has 2 aromatic rings. The maximum atomic E-state index is 14.5. The summed E-state index contributed by atoms with van der Waals surface area (Å²) in [4.78, 5) is 16.5. The van der Waals surface area contributed by atoms with Crippen LogP contribution >= 0.6 is 0 Å². The number of aliphatic hydroxyl groups excluding tert-OH is 3. The first-order valence-corrected chi connectivity index (χ1v) is 17.5. The maximum absolute atomic E-state index is 14.5. The number of allylic oxidation sites excluding steroid dienone is 4. The Morgan fingerprint density at radius 2 is 1.79 bits per heavy atom. The number of furan rings is 1. The Bertz CT molecular complexity index is 1600. The molecule has 8 rings (SSSR count). The second-order valence-electron chi connectivity index (χ2n) is 15.8. The van der Waals surface area contributed by atoms with E-state index in [2.05, 4.69) is 32.1 Å².